The summed E-state index contributed by atoms with van der Waals surface area (Å²) in [6.07, 6.45) is 10.3. The van der Waals surface area contributed by atoms with Gasteiger partial charge in [-0.05, 0) is 32.6 Å². The Morgan fingerprint density at radius 3 is 2.23 bits per heavy atom. The highest BCUT2D eigenvalue weighted by Gasteiger charge is 2.55. The van der Waals surface area contributed by atoms with Gasteiger partial charge in [-0.2, -0.15) is 0 Å². The lowest BCUT2D eigenvalue weighted by Gasteiger charge is -2.40. The SMILES string of the molecule is C=C(C)C(=O)OCC1CC(OC2(O)CCCCCC2)[C@H]2OC3(CCCCCC3)OC2O1. The Bertz CT molecular complexity index is 632. The fourth-order valence-corrected chi connectivity index (χ4v) is 5.30. The Hall–Kier alpha value is -0.990. The van der Waals surface area contributed by atoms with Crippen molar-refractivity contribution < 1.29 is 33.6 Å². The van der Waals surface area contributed by atoms with Crippen LogP contribution in [0.1, 0.15) is 90.4 Å². The molecule has 0 aromatic rings. The van der Waals surface area contributed by atoms with Gasteiger partial charge in [0.15, 0.2) is 17.9 Å². The maximum Gasteiger partial charge on any atom is 0.333 e. The Morgan fingerprint density at radius 2 is 1.61 bits per heavy atom. The van der Waals surface area contributed by atoms with Crippen LogP contribution in [0.15, 0.2) is 12.2 Å². The highest BCUT2D eigenvalue weighted by Crippen LogP contribution is 2.45. The van der Waals surface area contributed by atoms with Gasteiger partial charge in [-0.1, -0.05) is 32.3 Å². The molecule has 1 spiro atoms. The first kappa shape index (κ1) is 23.2. The molecule has 2 heterocycles. The van der Waals surface area contributed by atoms with Gasteiger partial charge < -0.3 is 28.8 Å². The van der Waals surface area contributed by atoms with E-state index in [0.29, 0.717) is 24.8 Å². The zero-order chi connectivity index (χ0) is 21.9. The van der Waals surface area contributed by atoms with E-state index in [2.05, 4.69) is 6.58 Å². The van der Waals surface area contributed by atoms with E-state index in [1.807, 2.05) is 0 Å². The summed E-state index contributed by atoms with van der Waals surface area (Å²) in [5.74, 6) is -2.22. The van der Waals surface area contributed by atoms with Crippen molar-refractivity contribution in [3.8, 4) is 0 Å². The van der Waals surface area contributed by atoms with E-state index in [9.17, 15) is 9.90 Å². The average molecular weight is 439 g/mol. The zero-order valence-corrected chi connectivity index (χ0v) is 18.8. The Labute approximate surface area is 185 Å². The normalized spacial score (nSPS) is 35.0. The van der Waals surface area contributed by atoms with E-state index in [1.54, 1.807) is 6.92 Å². The zero-order valence-electron chi connectivity index (χ0n) is 18.8. The van der Waals surface area contributed by atoms with Gasteiger partial charge in [-0.3, -0.25) is 0 Å². The fourth-order valence-electron chi connectivity index (χ4n) is 5.30. The summed E-state index contributed by atoms with van der Waals surface area (Å²) in [5.41, 5.74) is 0.354. The van der Waals surface area contributed by atoms with E-state index in [0.717, 1.165) is 51.4 Å². The monoisotopic (exact) mass is 438 g/mol. The maximum atomic E-state index is 11.9. The molecular weight excluding hydrogens is 400 g/mol. The first-order chi connectivity index (χ1) is 14.9. The largest absolute Gasteiger partial charge is 0.460 e. The van der Waals surface area contributed by atoms with Gasteiger partial charge in [-0.15, -0.1) is 0 Å². The lowest BCUT2D eigenvalue weighted by molar-refractivity contribution is -0.290. The van der Waals surface area contributed by atoms with Crippen molar-refractivity contribution in [1.82, 2.24) is 0 Å². The molecule has 0 aromatic carbocycles. The lowest BCUT2D eigenvalue weighted by Crippen LogP contribution is -2.52. The standard InChI is InChI=1S/C24H38O7/c1-17(2)21(25)27-16-18-15-19(29-23(26)11-7-3-4-8-12-23)20-22(28-18)31-24(30-20)13-9-5-6-10-14-24/h18-20,22,26H,1,3-16H2,2H3/t18?,19?,20-,22?/m1/s1. The summed E-state index contributed by atoms with van der Waals surface area (Å²) < 4.78 is 30.8. The third kappa shape index (κ3) is 5.69. The molecule has 0 amide bonds. The summed E-state index contributed by atoms with van der Waals surface area (Å²) in [6, 6.07) is 0. The molecule has 4 atom stereocenters. The van der Waals surface area contributed by atoms with Crippen molar-refractivity contribution in [3.05, 3.63) is 12.2 Å². The predicted octanol–water partition coefficient (Wildman–Crippen LogP) is 4.11. The van der Waals surface area contributed by atoms with E-state index in [1.165, 1.54) is 12.8 Å². The van der Waals surface area contributed by atoms with Gasteiger partial charge in [0, 0.05) is 37.7 Å². The van der Waals surface area contributed by atoms with Gasteiger partial charge in [-0.25, -0.2) is 4.79 Å². The van der Waals surface area contributed by atoms with Gasteiger partial charge in [0.2, 0.25) is 0 Å². The Morgan fingerprint density at radius 1 is 1.00 bits per heavy atom. The molecule has 3 unspecified atom stereocenters. The van der Waals surface area contributed by atoms with Crippen molar-refractivity contribution >= 4 is 5.97 Å². The summed E-state index contributed by atoms with van der Waals surface area (Å²) >= 11 is 0. The van der Waals surface area contributed by atoms with Crippen molar-refractivity contribution in [3.63, 3.8) is 0 Å². The number of carbonyl (C=O) groups is 1. The third-order valence-electron chi connectivity index (χ3n) is 7.01. The van der Waals surface area contributed by atoms with Gasteiger partial charge in [0.25, 0.3) is 0 Å². The van der Waals surface area contributed by atoms with Crippen LogP contribution in [0.5, 0.6) is 0 Å². The van der Waals surface area contributed by atoms with Crippen LogP contribution in [-0.2, 0) is 28.5 Å². The number of fused-ring (bicyclic) bond motifs is 1. The van der Waals surface area contributed by atoms with E-state index >= 15 is 0 Å². The molecule has 31 heavy (non-hydrogen) atoms. The molecular formula is C24H38O7. The summed E-state index contributed by atoms with van der Waals surface area (Å²) in [5, 5.41) is 11.2. The molecule has 1 N–H and O–H groups in total. The molecule has 0 radical (unpaired) electrons. The second kappa shape index (κ2) is 9.87. The molecule has 4 rings (SSSR count). The first-order valence-corrected chi connectivity index (χ1v) is 12.1. The molecule has 4 fully saturated rings. The van der Waals surface area contributed by atoms with Crippen LogP contribution in [0.3, 0.4) is 0 Å². The molecule has 7 heteroatoms. The summed E-state index contributed by atoms with van der Waals surface area (Å²) in [4.78, 5) is 11.9. The Kier molecular flexibility index (Phi) is 7.38. The molecule has 0 aromatic heterocycles. The van der Waals surface area contributed by atoms with E-state index < -0.39 is 29.9 Å². The van der Waals surface area contributed by atoms with Crippen LogP contribution in [0.25, 0.3) is 0 Å². The number of aliphatic hydroxyl groups is 1. The molecule has 2 aliphatic carbocycles. The molecule has 2 saturated heterocycles. The van der Waals surface area contributed by atoms with Crippen molar-refractivity contribution in [2.45, 2.75) is 127 Å². The van der Waals surface area contributed by atoms with Gasteiger partial charge in [0.1, 0.15) is 12.7 Å². The molecule has 176 valence electrons. The van der Waals surface area contributed by atoms with Gasteiger partial charge in [0.05, 0.1) is 12.2 Å². The van der Waals surface area contributed by atoms with Crippen LogP contribution >= 0.6 is 0 Å². The number of rotatable bonds is 5. The summed E-state index contributed by atoms with van der Waals surface area (Å²) in [6.45, 7) is 5.35. The molecule has 0 bridgehead atoms. The molecule has 4 aliphatic rings. The second-order valence-electron chi connectivity index (χ2n) is 9.78. The number of ether oxygens (including phenoxy) is 5. The van der Waals surface area contributed by atoms with Crippen molar-refractivity contribution in [1.29, 1.82) is 0 Å². The minimum Gasteiger partial charge on any atom is -0.460 e. The van der Waals surface area contributed by atoms with Gasteiger partial charge >= 0.3 is 5.97 Å². The van der Waals surface area contributed by atoms with E-state index in [4.69, 9.17) is 23.7 Å². The fraction of sp³-hybridized carbons (Fsp3) is 0.875. The Balaban J connectivity index is 1.48. The van der Waals surface area contributed by atoms with Crippen LogP contribution in [0.4, 0.5) is 0 Å². The molecule has 2 aliphatic heterocycles. The smallest absolute Gasteiger partial charge is 0.333 e. The quantitative estimate of drug-likeness (QED) is 0.299. The minimum absolute atomic E-state index is 0.101. The number of esters is 1. The van der Waals surface area contributed by atoms with E-state index in [-0.39, 0.29) is 18.8 Å². The maximum absolute atomic E-state index is 11.9. The summed E-state index contributed by atoms with van der Waals surface area (Å²) in [7, 11) is 0. The number of carbonyl (C=O) groups excluding carboxylic acids is 1. The van der Waals surface area contributed by atoms with Crippen LogP contribution in [0, 0.1) is 0 Å². The number of hydrogen-bond donors (Lipinski definition) is 1. The average Bonchev–Trinajstić information content (AvgIpc) is 2.86. The molecule has 7 nitrogen and oxygen atoms in total. The van der Waals surface area contributed by atoms with Crippen LogP contribution in [-0.4, -0.2) is 53.9 Å². The number of hydrogen-bond acceptors (Lipinski definition) is 7. The lowest BCUT2D eigenvalue weighted by atomic mass is 10.0. The minimum atomic E-state index is -1.15. The molecule has 2 saturated carbocycles. The van der Waals surface area contributed by atoms with Crippen molar-refractivity contribution in [2.24, 2.45) is 0 Å². The first-order valence-electron chi connectivity index (χ1n) is 12.1. The van der Waals surface area contributed by atoms with Crippen molar-refractivity contribution in [2.75, 3.05) is 6.61 Å². The second-order valence-corrected chi connectivity index (χ2v) is 9.78. The van der Waals surface area contributed by atoms with Crippen LogP contribution in [0.2, 0.25) is 0 Å². The topological polar surface area (TPSA) is 83.5 Å². The highest BCUT2D eigenvalue weighted by atomic mass is 16.8. The predicted molar refractivity (Wildman–Crippen MR) is 113 cm³/mol. The van der Waals surface area contributed by atoms with Crippen LogP contribution < -0.4 is 0 Å². The third-order valence-corrected chi connectivity index (χ3v) is 7.01. The highest BCUT2D eigenvalue weighted by molar-refractivity contribution is 5.86.